The zero-order chi connectivity index (χ0) is 8.53. The Kier molecular flexibility index (Phi) is 8.36. The maximum absolute atomic E-state index is 4.47. The molecule has 0 aromatic carbocycles. The van der Waals surface area contributed by atoms with Crippen molar-refractivity contribution in [1.29, 1.82) is 0 Å². The van der Waals surface area contributed by atoms with Crippen molar-refractivity contribution in [3.63, 3.8) is 0 Å². The second-order valence-corrected chi connectivity index (χ2v) is 3.70. The van der Waals surface area contributed by atoms with Crippen molar-refractivity contribution in [1.82, 2.24) is 0 Å². The van der Waals surface area contributed by atoms with Crippen molar-refractivity contribution < 1.29 is 0 Å². The molecule has 64 valence electrons. The lowest BCUT2D eigenvalue weighted by molar-refractivity contribution is 0.692. The fourth-order valence-electron chi connectivity index (χ4n) is 0.932. The predicted octanol–water partition coefficient (Wildman–Crippen LogP) is 3.01. The Bertz CT molecular complexity index is 126. The largest absolute Gasteiger partial charge is 0.233 e. The van der Waals surface area contributed by atoms with Gasteiger partial charge < -0.3 is 0 Å². The molecule has 1 unspecified atom stereocenters. The van der Waals surface area contributed by atoms with Gasteiger partial charge in [-0.25, -0.2) is 4.99 Å². The lowest BCUT2D eigenvalue weighted by Gasteiger charge is -2.09. The average molecular weight is 189 g/mol. The Balaban J connectivity index is 3.27. The summed E-state index contributed by atoms with van der Waals surface area (Å²) in [5.74, 6) is 0. The third kappa shape index (κ3) is 6.54. The van der Waals surface area contributed by atoms with E-state index >= 15 is 0 Å². The van der Waals surface area contributed by atoms with Gasteiger partial charge in [-0.05, 0) is 37.7 Å². The number of aliphatic imine (C=N–C) groups is 1. The van der Waals surface area contributed by atoms with Crippen molar-refractivity contribution in [3.05, 3.63) is 0 Å². The number of hydrogen-bond donors (Lipinski definition) is 0. The second-order valence-electron chi connectivity index (χ2n) is 2.38. The first-order valence-electron chi connectivity index (χ1n) is 3.91. The molecule has 0 aliphatic rings. The fourth-order valence-corrected chi connectivity index (χ4v) is 1.76. The monoisotopic (exact) mass is 189 g/mol. The number of isothiocyanates is 1. The van der Waals surface area contributed by atoms with E-state index in [0.717, 1.165) is 18.2 Å². The van der Waals surface area contributed by atoms with Gasteiger partial charge in [0.25, 0.3) is 0 Å². The van der Waals surface area contributed by atoms with Crippen LogP contribution in [0.1, 0.15) is 26.2 Å². The summed E-state index contributed by atoms with van der Waals surface area (Å²) in [6.45, 7) is 3.07. The van der Waals surface area contributed by atoms with Gasteiger partial charge in [0.15, 0.2) is 0 Å². The minimum absolute atomic E-state index is 0.801. The summed E-state index contributed by atoms with van der Waals surface area (Å²) in [5, 5.41) is 3.18. The molecular formula is C8H15NS2. The molecule has 1 nitrogen and oxygen atoms in total. The molecule has 0 aliphatic carbocycles. The minimum Gasteiger partial charge on any atom is -0.233 e. The summed E-state index contributed by atoms with van der Waals surface area (Å²) in [7, 11) is 0. The molecule has 0 aromatic rings. The smallest absolute Gasteiger partial charge is 0.0584 e. The number of thioether (sulfide) groups is 1. The van der Waals surface area contributed by atoms with Crippen LogP contribution in [-0.2, 0) is 0 Å². The number of rotatable bonds is 6. The molecule has 0 spiro atoms. The van der Waals surface area contributed by atoms with E-state index in [4.69, 9.17) is 0 Å². The maximum Gasteiger partial charge on any atom is 0.0584 e. The van der Waals surface area contributed by atoms with Crippen LogP contribution in [0.5, 0.6) is 0 Å². The third-order valence-corrected chi connectivity index (χ3v) is 3.01. The summed E-state index contributed by atoms with van der Waals surface area (Å²) in [5.41, 5.74) is 0. The van der Waals surface area contributed by atoms with Gasteiger partial charge >= 0.3 is 0 Å². The molecule has 0 amide bonds. The first kappa shape index (κ1) is 11.2. The Hall–Kier alpha value is 0.150. The van der Waals surface area contributed by atoms with Crippen molar-refractivity contribution in [2.75, 3.05) is 12.8 Å². The molecule has 0 bridgehead atoms. The highest BCUT2D eigenvalue weighted by molar-refractivity contribution is 7.99. The fraction of sp³-hybridized carbons (Fsp3) is 0.875. The van der Waals surface area contributed by atoms with Crippen molar-refractivity contribution in [3.8, 4) is 0 Å². The zero-order valence-electron chi connectivity index (χ0n) is 7.17. The van der Waals surface area contributed by atoms with E-state index in [-0.39, 0.29) is 0 Å². The molecule has 0 saturated carbocycles. The summed E-state index contributed by atoms with van der Waals surface area (Å²) in [6, 6.07) is 0. The molecule has 0 fully saturated rings. The number of hydrogen-bond acceptors (Lipinski definition) is 3. The van der Waals surface area contributed by atoms with Crippen LogP contribution in [-0.4, -0.2) is 23.2 Å². The van der Waals surface area contributed by atoms with Gasteiger partial charge in [0.2, 0.25) is 0 Å². The number of thiocarbonyl (C=S) groups is 1. The summed E-state index contributed by atoms with van der Waals surface area (Å²) in [4.78, 5) is 3.87. The quantitative estimate of drug-likeness (QED) is 0.362. The summed E-state index contributed by atoms with van der Waals surface area (Å²) >= 11 is 6.41. The Morgan fingerprint density at radius 3 is 2.82 bits per heavy atom. The lowest BCUT2D eigenvalue weighted by Crippen LogP contribution is -2.00. The molecule has 0 rings (SSSR count). The van der Waals surface area contributed by atoms with Gasteiger partial charge in [-0.15, -0.1) is 0 Å². The highest BCUT2D eigenvalue weighted by Gasteiger charge is 2.01. The zero-order valence-corrected chi connectivity index (χ0v) is 8.80. The normalized spacial score (nSPS) is 12.2. The predicted molar refractivity (Wildman–Crippen MR) is 56.7 cm³/mol. The summed E-state index contributed by atoms with van der Waals surface area (Å²) < 4.78 is 0. The maximum atomic E-state index is 4.47. The van der Waals surface area contributed by atoms with Crippen LogP contribution in [0.3, 0.4) is 0 Å². The molecule has 0 radical (unpaired) electrons. The first-order valence-corrected chi connectivity index (χ1v) is 5.61. The molecule has 0 aromatic heterocycles. The van der Waals surface area contributed by atoms with Crippen LogP contribution in [0, 0.1) is 0 Å². The SMILES string of the molecule is CCC(CCCN=C=S)SC. The van der Waals surface area contributed by atoms with E-state index in [0.29, 0.717) is 0 Å². The van der Waals surface area contributed by atoms with Crippen molar-refractivity contribution in [2.45, 2.75) is 31.4 Å². The standard InChI is InChI=1S/C8H15NS2/c1-3-8(11-2)5-4-6-9-7-10/h8H,3-6H2,1-2H3. The van der Waals surface area contributed by atoms with E-state index in [9.17, 15) is 0 Å². The van der Waals surface area contributed by atoms with Crippen LogP contribution >= 0.6 is 24.0 Å². The van der Waals surface area contributed by atoms with E-state index < -0.39 is 0 Å². The first-order chi connectivity index (χ1) is 5.35. The van der Waals surface area contributed by atoms with Crippen molar-refractivity contribution in [2.24, 2.45) is 4.99 Å². The molecular weight excluding hydrogens is 174 g/mol. The lowest BCUT2D eigenvalue weighted by atomic mass is 10.2. The van der Waals surface area contributed by atoms with Gasteiger partial charge in [0.1, 0.15) is 0 Å². The molecule has 1 atom stereocenters. The second kappa shape index (κ2) is 8.25. The van der Waals surface area contributed by atoms with Gasteiger partial charge in [-0.2, -0.15) is 11.8 Å². The average Bonchev–Trinajstić information content (AvgIpc) is 2.05. The van der Waals surface area contributed by atoms with Crippen LogP contribution in [0.2, 0.25) is 0 Å². The van der Waals surface area contributed by atoms with E-state index in [1.807, 2.05) is 11.8 Å². The molecule has 0 saturated heterocycles. The van der Waals surface area contributed by atoms with E-state index in [2.05, 4.69) is 35.6 Å². The van der Waals surface area contributed by atoms with Gasteiger partial charge in [-0.3, -0.25) is 0 Å². The van der Waals surface area contributed by atoms with Crippen molar-refractivity contribution >= 4 is 29.1 Å². The van der Waals surface area contributed by atoms with Crippen LogP contribution in [0.25, 0.3) is 0 Å². The molecule has 11 heavy (non-hydrogen) atoms. The molecule has 0 heterocycles. The van der Waals surface area contributed by atoms with Gasteiger partial charge in [0, 0.05) is 11.8 Å². The van der Waals surface area contributed by atoms with Crippen LogP contribution in [0.15, 0.2) is 4.99 Å². The van der Waals surface area contributed by atoms with Gasteiger partial charge in [-0.1, -0.05) is 6.92 Å². The Morgan fingerprint density at radius 1 is 1.64 bits per heavy atom. The van der Waals surface area contributed by atoms with Gasteiger partial charge in [0.05, 0.1) is 5.16 Å². The van der Waals surface area contributed by atoms with E-state index in [1.165, 1.54) is 12.8 Å². The highest BCUT2D eigenvalue weighted by Crippen LogP contribution is 2.15. The molecule has 0 aliphatic heterocycles. The Morgan fingerprint density at radius 2 is 2.36 bits per heavy atom. The molecule has 3 heteroatoms. The van der Waals surface area contributed by atoms with Crippen LogP contribution < -0.4 is 0 Å². The van der Waals surface area contributed by atoms with Crippen LogP contribution in [0.4, 0.5) is 0 Å². The molecule has 0 N–H and O–H groups in total. The third-order valence-electron chi connectivity index (χ3n) is 1.65. The highest BCUT2D eigenvalue weighted by atomic mass is 32.2. The minimum atomic E-state index is 0.801. The van der Waals surface area contributed by atoms with E-state index in [1.54, 1.807) is 0 Å². The topological polar surface area (TPSA) is 12.4 Å². The summed E-state index contributed by atoms with van der Waals surface area (Å²) in [6.07, 6.45) is 5.81. The Labute approximate surface area is 78.7 Å². The number of nitrogens with zero attached hydrogens (tertiary/aromatic N) is 1.